The van der Waals surface area contributed by atoms with Crippen LogP contribution in [0.5, 0.6) is 0 Å². The summed E-state index contributed by atoms with van der Waals surface area (Å²) in [5.74, 6) is 2.28. The van der Waals surface area contributed by atoms with E-state index in [-0.39, 0.29) is 5.91 Å². The summed E-state index contributed by atoms with van der Waals surface area (Å²) in [6.07, 6.45) is 5.46. The lowest BCUT2D eigenvalue weighted by molar-refractivity contribution is 0.0998. The minimum Gasteiger partial charge on any atom is -0.305 e. The van der Waals surface area contributed by atoms with Crippen molar-refractivity contribution in [3.63, 3.8) is 0 Å². The van der Waals surface area contributed by atoms with E-state index in [9.17, 15) is 4.79 Å². The molecule has 0 spiro atoms. The number of carbonyl (C=O) groups is 1. The number of hydrogen-bond donors (Lipinski definition) is 0. The van der Waals surface area contributed by atoms with Gasteiger partial charge in [-0.1, -0.05) is 41.0 Å². The molecule has 3 aromatic rings. The van der Waals surface area contributed by atoms with Crippen LogP contribution in [0.15, 0.2) is 47.5 Å². The van der Waals surface area contributed by atoms with Crippen LogP contribution in [0.25, 0.3) is 10.2 Å². The molecule has 0 bridgehead atoms. The van der Waals surface area contributed by atoms with E-state index in [4.69, 9.17) is 18.0 Å². The van der Waals surface area contributed by atoms with Gasteiger partial charge >= 0.3 is 0 Å². The fourth-order valence-electron chi connectivity index (χ4n) is 2.28. The third-order valence-corrected chi connectivity index (χ3v) is 4.63. The Morgan fingerprint density at radius 3 is 2.91 bits per heavy atom. The van der Waals surface area contributed by atoms with Crippen molar-refractivity contribution in [2.75, 3.05) is 0 Å². The van der Waals surface area contributed by atoms with Gasteiger partial charge in [0, 0.05) is 10.6 Å². The summed E-state index contributed by atoms with van der Waals surface area (Å²) >= 11 is 7.38. The van der Waals surface area contributed by atoms with Crippen molar-refractivity contribution in [3.8, 4) is 12.3 Å². The first-order valence-corrected chi connectivity index (χ1v) is 8.16. The predicted octanol–water partition coefficient (Wildman–Crippen LogP) is 4.04. The fraction of sp³-hybridized carbons (Fsp3) is 0.111. The number of aryl methyl sites for hydroxylation is 1. The summed E-state index contributed by atoms with van der Waals surface area (Å²) in [6.45, 7) is 2.39. The SMILES string of the molecule is C#CCn1c(=NC(=O)c2cccc(Cl)c2)sc2cc(C)ccc21. The van der Waals surface area contributed by atoms with Gasteiger partial charge in [-0.3, -0.25) is 4.79 Å². The minimum atomic E-state index is -0.332. The van der Waals surface area contributed by atoms with E-state index < -0.39 is 0 Å². The zero-order valence-corrected chi connectivity index (χ0v) is 14.0. The largest absolute Gasteiger partial charge is 0.305 e. The number of terminal acetylenes is 1. The average molecular weight is 341 g/mol. The number of rotatable bonds is 2. The van der Waals surface area contributed by atoms with Crippen molar-refractivity contribution in [2.24, 2.45) is 4.99 Å². The molecule has 1 amide bonds. The fourth-order valence-corrected chi connectivity index (χ4v) is 3.60. The van der Waals surface area contributed by atoms with Crippen molar-refractivity contribution in [1.82, 2.24) is 4.57 Å². The van der Waals surface area contributed by atoms with Gasteiger partial charge in [-0.15, -0.1) is 6.42 Å². The molecular formula is C18H13ClN2OS. The lowest BCUT2D eigenvalue weighted by Gasteiger charge is -2.00. The standard InChI is InChI=1S/C18H13ClN2OS/c1-3-9-21-15-8-7-12(2)10-16(15)23-18(21)20-17(22)13-5-4-6-14(19)11-13/h1,4-8,10-11H,9H2,2H3. The number of nitrogens with zero attached hydrogens (tertiary/aromatic N) is 2. The molecule has 0 N–H and O–H groups in total. The van der Waals surface area contributed by atoms with Crippen molar-refractivity contribution in [3.05, 3.63) is 63.4 Å². The molecule has 23 heavy (non-hydrogen) atoms. The van der Waals surface area contributed by atoms with E-state index >= 15 is 0 Å². The highest BCUT2D eigenvalue weighted by Crippen LogP contribution is 2.19. The maximum atomic E-state index is 12.4. The minimum absolute atomic E-state index is 0.332. The molecule has 0 aliphatic carbocycles. The average Bonchev–Trinajstić information content (AvgIpc) is 2.84. The van der Waals surface area contributed by atoms with Crippen molar-refractivity contribution in [2.45, 2.75) is 13.5 Å². The molecule has 0 saturated carbocycles. The Balaban J connectivity index is 2.16. The first-order valence-electron chi connectivity index (χ1n) is 6.96. The van der Waals surface area contributed by atoms with E-state index in [1.165, 1.54) is 11.3 Å². The third kappa shape index (κ3) is 3.21. The van der Waals surface area contributed by atoms with E-state index in [1.807, 2.05) is 23.6 Å². The highest BCUT2D eigenvalue weighted by molar-refractivity contribution is 7.16. The summed E-state index contributed by atoms with van der Waals surface area (Å²) in [6, 6.07) is 12.8. The number of aromatic nitrogens is 1. The van der Waals surface area contributed by atoms with E-state index in [0.29, 0.717) is 21.9 Å². The van der Waals surface area contributed by atoms with E-state index in [2.05, 4.69) is 17.0 Å². The topological polar surface area (TPSA) is 34.4 Å². The van der Waals surface area contributed by atoms with Crippen molar-refractivity contribution >= 4 is 39.1 Å². The van der Waals surface area contributed by atoms with E-state index in [1.54, 1.807) is 24.3 Å². The van der Waals surface area contributed by atoms with Crippen LogP contribution in [0, 0.1) is 19.3 Å². The van der Waals surface area contributed by atoms with Gasteiger partial charge in [0.2, 0.25) is 0 Å². The van der Waals surface area contributed by atoms with Crippen molar-refractivity contribution in [1.29, 1.82) is 0 Å². The number of thiazole rings is 1. The Labute approximate surface area is 142 Å². The van der Waals surface area contributed by atoms with Crippen LogP contribution >= 0.6 is 22.9 Å². The lowest BCUT2D eigenvalue weighted by Crippen LogP contribution is -2.16. The molecule has 114 valence electrons. The van der Waals surface area contributed by atoms with Crippen LogP contribution in [-0.2, 0) is 6.54 Å². The summed E-state index contributed by atoms with van der Waals surface area (Å²) in [7, 11) is 0. The van der Waals surface area contributed by atoms with Gasteiger partial charge < -0.3 is 4.57 Å². The maximum absolute atomic E-state index is 12.4. The molecule has 0 atom stereocenters. The molecule has 0 fully saturated rings. The van der Waals surface area contributed by atoms with Crippen LogP contribution in [0.3, 0.4) is 0 Å². The van der Waals surface area contributed by atoms with Gasteiger partial charge in [-0.05, 0) is 42.8 Å². The molecule has 2 aromatic carbocycles. The smallest absolute Gasteiger partial charge is 0.279 e. The van der Waals surface area contributed by atoms with Crippen LogP contribution < -0.4 is 4.80 Å². The van der Waals surface area contributed by atoms with Crippen molar-refractivity contribution < 1.29 is 4.79 Å². The van der Waals surface area contributed by atoms with Gasteiger partial charge in [0.25, 0.3) is 5.91 Å². The molecule has 3 rings (SSSR count). The molecular weight excluding hydrogens is 328 g/mol. The Bertz CT molecular complexity index is 1010. The highest BCUT2D eigenvalue weighted by Gasteiger charge is 2.09. The molecule has 0 radical (unpaired) electrons. The first kappa shape index (κ1) is 15.5. The molecule has 3 nitrogen and oxygen atoms in total. The molecule has 1 aromatic heterocycles. The number of carbonyl (C=O) groups excluding carboxylic acids is 1. The number of benzene rings is 2. The molecule has 0 unspecified atom stereocenters. The third-order valence-electron chi connectivity index (χ3n) is 3.36. The van der Waals surface area contributed by atoms with Gasteiger partial charge in [0.1, 0.15) is 0 Å². The van der Waals surface area contributed by atoms with Gasteiger partial charge in [0.05, 0.1) is 16.8 Å². The van der Waals surface area contributed by atoms with Gasteiger partial charge in [-0.2, -0.15) is 4.99 Å². The van der Waals surface area contributed by atoms with Crippen LogP contribution in [0.4, 0.5) is 0 Å². The summed E-state index contributed by atoms with van der Waals surface area (Å²) in [5, 5.41) is 0.509. The summed E-state index contributed by atoms with van der Waals surface area (Å²) < 4.78 is 2.93. The zero-order chi connectivity index (χ0) is 16.4. The first-order chi connectivity index (χ1) is 11.1. The zero-order valence-electron chi connectivity index (χ0n) is 12.4. The molecule has 0 saturated heterocycles. The Hall–Kier alpha value is -2.35. The van der Waals surface area contributed by atoms with Crippen LogP contribution in [0.1, 0.15) is 15.9 Å². The number of amides is 1. The molecule has 0 aliphatic heterocycles. The monoisotopic (exact) mass is 340 g/mol. The van der Waals surface area contributed by atoms with E-state index in [0.717, 1.165) is 15.8 Å². The molecule has 1 heterocycles. The summed E-state index contributed by atoms with van der Waals surface area (Å²) in [4.78, 5) is 17.2. The Morgan fingerprint density at radius 2 is 2.17 bits per heavy atom. The normalized spacial score (nSPS) is 11.6. The number of fused-ring (bicyclic) bond motifs is 1. The summed E-state index contributed by atoms with van der Waals surface area (Å²) in [5.41, 5.74) is 2.59. The molecule has 0 aliphatic rings. The quantitative estimate of drug-likeness (QED) is 0.648. The second-order valence-corrected chi connectivity index (χ2v) is 6.52. The number of halogens is 1. The second kappa shape index (κ2) is 6.41. The Morgan fingerprint density at radius 1 is 1.35 bits per heavy atom. The lowest BCUT2D eigenvalue weighted by atomic mass is 10.2. The van der Waals surface area contributed by atoms with Crippen LogP contribution in [-0.4, -0.2) is 10.5 Å². The molecule has 5 heteroatoms. The number of hydrogen-bond acceptors (Lipinski definition) is 2. The second-order valence-electron chi connectivity index (χ2n) is 5.07. The highest BCUT2D eigenvalue weighted by atomic mass is 35.5. The van der Waals surface area contributed by atoms with Gasteiger partial charge in [-0.25, -0.2) is 0 Å². The van der Waals surface area contributed by atoms with Gasteiger partial charge in [0.15, 0.2) is 4.80 Å². The Kier molecular flexibility index (Phi) is 4.33. The maximum Gasteiger partial charge on any atom is 0.279 e. The van der Waals surface area contributed by atoms with Crippen LogP contribution in [0.2, 0.25) is 5.02 Å². The predicted molar refractivity (Wildman–Crippen MR) is 94.7 cm³/mol.